The molecule has 1 aromatic carbocycles. The van der Waals surface area contributed by atoms with Crippen LogP contribution >= 0.6 is 11.6 Å². The summed E-state index contributed by atoms with van der Waals surface area (Å²) in [5.74, 6) is 0.879. The van der Waals surface area contributed by atoms with Crippen LogP contribution in [0.1, 0.15) is 55.3 Å². The number of carbonyl (C=O) groups is 1. The molecule has 0 unspecified atom stereocenters. The minimum atomic E-state index is -0.0132. The van der Waals surface area contributed by atoms with Crippen LogP contribution in [0.4, 0.5) is 5.69 Å². The van der Waals surface area contributed by atoms with E-state index in [4.69, 9.17) is 11.6 Å². The number of rotatable bonds is 4. The average Bonchev–Trinajstić information content (AvgIpc) is 3.38. The fourth-order valence-electron chi connectivity index (χ4n) is 4.63. The molecule has 1 amide bonds. The van der Waals surface area contributed by atoms with Gasteiger partial charge in [-0.2, -0.15) is 0 Å². The van der Waals surface area contributed by atoms with E-state index < -0.39 is 0 Å². The molecule has 1 saturated heterocycles. The summed E-state index contributed by atoms with van der Waals surface area (Å²) in [6.07, 6.45) is 9.27. The Morgan fingerprint density at radius 2 is 2.00 bits per heavy atom. The highest BCUT2D eigenvalue weighted by Crippen LogP contribution is 2.48. The Morgan fingerprint density at radius 3 is 2.70 bits per heavy atom. The van der Waals surface area contributed by atoms with Gasteiger partial charge < -0.3 is 10.2 Å². The zero-order valence-electron chi connectivity index (χ0n) is 13.6. The van der Waals surface area contributed by atoms with Crippen molar-refractivity contribution in [3.63, 3.8) is 0 Å². The Bertz CT molecular complexity index is 601. The lowest BCUT2D eigenvalue weighted by Gasteiger charge is -2.45. The monoisotopic (exact) mass is 332 g/mol. The van der Waals surface area contributed by atoms with Crippen LogP contribution in [-0.2, 0) is 0 Å². The van der Waals surface area contributed by atoms with Gasteiger partial charge in [0.2, 0.25) is 0 Å². The van der Waals surface area contributed by atoms with Gasteiger partial charge >= 0.3 is 0 Å². The minimum absolute atomic E-state index is 0.0132. The summed E-state index contributed by atoms with van der Waals surface area (Å²) < 4.78 is 0. The maximum atomic E-state index is 12.6. The van der Waals surface area contributed by atoms with Gasteiger partial charge in [-0.25, -0.2) is 0 Å². The third kappa shape index (κ3) is 3.21. The highest BCUT2D eigenvalue weighted by Gasteiger charge is 2.39. The second-order valence-corrected chi connectivity index (χ2v) is 8.10. The van der Waals surface area contributed by atoms with Crippen molar-refractivity contribution in [2.45, 2.75) is 44.9 Å². The highest BCUT2D eigenvalue weighted by atomic mass is 35.5. The zero-order valence-corrected chi connectivity index (χ0v) is 14.4. The standard InChI is InChI=1S/C19H25ClN2O/c20-17-6-5-15(22-9-10-22)11-16(17)18(23)21-13-19-7-1-3-14(12-19)4-2-8-19/h5-6,11,14H,1-4,7-10,12-13H2,(H,21,23). The van der Waals surface area contributed by atoms with Crippen LogP contribution in [0.15, 0.2) is 18.2 Å². The summed E-state index contributed by atoms with van der Waals surface area (Å²) in [4.78, 5) is 14.9. The summed E-state index contributed by atoms with van der Waals surface area (Å²) in [5.41, 5.74) is 2.07. The molecule has 3 aliphatic rings. The van der Waals surface area contributed by atoms with E-state index in [0.717, 1.165) is 31.2 Å². The third-order valence-electron chi connectivity index (χ3n) is 5.99. The van der Waals surface area contributed by atoms with Crippen molar-refractivity contribution >= 4 is 23.2 Å². The number of hydrogen-bond donors (Lipinski definition) is 1. The lowest BCUT2D eigenvalue weighted by Crippen LogP contribution is -2.43. The van der Waals surface area contributed by atoms with Gasteiger partial charge in [0.1, 0.15) is 0 Å². The Labute approximate surface area is 143 Å². The molecule has 23 heavy (non-hydrogen) atoms. The molecule has 0 spiro atoms. The molecule has 3 nitrogen and oxygen atoms in total. The predicted octanol–water partition coefficient (Wildman–Crippen LogP) is 4.25. The summed E-state index contributed by atoms with van der Waals surface area (Å²) in [6.45, 7) is 2.97. The van der Waals surface area contributed by atoms with Crippen LogP contribution in [0, 0.1) is 11.3 Å². The fraction of sp³-hybridized carbons (Fsp3) is 0.632. The molecule has 2 bridgehead atoms. The van der Waals surface area contributed by atoms with Crippen molar-refractivity contribution in [2.75, 3.05) is 24.5 Å². The molecule has 2 aliphatic carbocycles. The lowest BCUT2D eigenvalue weighted by molar-refractivity contribution is 0.0682. The molecule has 1 aliphatic heterocycles. The van der Waals surface area contributed by atoms with Crippen molar-refractivity contribution in [3.05, 3.63) is 28.8 Å². The van der Waals surface area contributed by atoms with Crippen molar-refractivity contribution < 1.29 is 4.79 Å². The molecule has 2 saturated carbocycles. The Balaban J connectivity index is 1.44. The number of nitrogens with zero attached hydrogens (tertiary/aromatic N) is 1. The van der Waals surface area contributed by atoms with E-state index in [2.05, 4.69) is 10.2 Å². The molecule has 1 N–H and O–H groups in total. The molecule has 0 radical (unpaired) electrons. The molecule has 4 heteroatoms. The molecule has 1 heterocycles. The van der Waals surface area contributed by atoms with Crippen LogP contribution in [0.2, 0.25) is 5.02 Å². The van der Waals surface area contributed by atoms with Crippen molar-refractivity contribution in [2.24, 2.45) is 11.3 Å². The van der Waals surface area contributed by atoms with Gasteiger partial charge in [-0.15, -0.1) is 0 Å². The molecule has 1 aromatic rings. The van der Waals surface area contributed by atoms with Gasteiger partial charge in [0.05, 0.1) is 10.6 Å². The number of benzene rings is 1. The number of fused-ring (bicyclic) bond motifs is 2. The zero-order chi connectivity index (χ0) is 15.9. The quantitative estimate of drug-likeness (QED) is 0.836. The van der Waals surface area contributed by atoms with Gasteiger partial charge in [0.25, 0.3) is 5.91 Å². The van der Waals surface area contributed by atoms with E-state index in [9.17, 15) is 4.79 Å². The van der Waals surface area contributed by atoms with Crippen LogP contribution in [-0.4, -0.2) is 25.5 Å². The Morgan fingerprint density at radius 1 is 1.26 bits per heavy atom. The summed E-state index contributed by atoms with van der Waals surface area (Å²) in [5, 5.41) is 3.75. The van der Waals surface area contributed by atoms with Gasteiger partial charge in [-0.3, -0.25) is 4.79 Å². The maximum absolute atomic E-state index is 12.6. The van der Waals surface area contributed by atoms with E-state index in [1.165, 1.54) is 44.9 Å². The van der Waals surface area contributed by atoms with E-state index in [-0.39, 0.29) is 5.91 Å². The molecule has 3 fully saturated rings. The second kappa shape index (κ2) is 6.01. The number of carbonyl (C=O) groups excluding carboxylic acids is 1. The predicted molar refractivity (Wildman–Crippen MR) is 94.2 cm³/mol. The van der Waals surface area contributed by atoms with E-state index in [1.54, 1.807) is 0 Å². The Kier molecular flexibility index (Phi) is 4.00. The third-order valence-corrected chi connectivity index (χ3v) is 6.32. The van der Waals surface area contributed by atoms with Crippen molar-refractivity contribution in [1.82, 2.24) is 5.32 Å². The smallest absolute Gasteiger partial charge is 0.252 e. The molecule has 0 aromatic heterocycles. The first-order valence-corrected chi connectivity index (χ1v) is 9.36. The summed E-state index contributed by atoms with van der Waals surface area (Å²) in [6, 6.07) is 5.78. The van der Waals surface area contributed by atoms with Gasteiger partial charge in [-0.05, 0) is 48.8 Å². The average molecular weight is 333 g/mol. The van der Waals surface area contributed by atoms with E-state index in [1.807, 2.05) is 18.2 Å². The number of halogens is 1. The molecular formula is C19H25ClN2O. The molecule has 0 atom stereocenters. The summed E-state index contributed by atoms with van der Waals surface area (Å²) in [7, 11) is 0. The maximum Gasteiger partial charge on any atom is 0.252 e. The van der Waals surface area contributed by atoms with Crippen LogP contribution in [0.25, 0.3) is 0 Å². The van der Waals surface area contributed by atoms with Crippen LogP contribution in [0.5, 0.6) is 0 Å². The van der Waals surface area contributed by atoms with Gasteiger partial charge in [0.15, 0.2) is 0 Å². The Hall–Kier alpha value is -1.22. The fourth-order valence-corrected chi connectivity index (χ4v) is 4.83. The normalized spacial score (nSPS) is 29.3. The largest absolute Gasteiger partial charge is 0.368 e. The van der Waals surface area contributed by atoms with Crippen molar-refractivity contribution in [1.29, 1.82) is 0 Å². The SMILES string of the molecule is O=C(NCC12CCCC(CCC1)C2)c1cc(N2CC2)ccc1Cl. The van der Waals surface area contributed by atoms with Crippen LogP contribution < -0.4 is 10.2 Å². The first-order valence-electron chi connectivity index (χ1n) is 8.98. The van der Waals surface area contributed by atoms with Gasteiger partial charge in [-0.1, -0.05) is 37.3 Å². The molecule has 124 valence electrons. The molecule has 4 rings (SSSR count). The van der Waals surface area contributed by atoms with E-state index in [0.29, 0.717) is 16.0 Å². The lowest BCUT2D eigenvalue weighted by atomic mass is 9.62. The second-order valence-electron chi connectivity index (χ2n) is 7.69. The number of nitrogens with one attached hydrogen (secondary N) is 1. The first kappa shape index (κ1) is 15.3. The summed E-state index contributed by atoms with van der Waals surface area (Å²) >= 11 is 6.26. The number of anilines is 1. The topological polar surface area (TPSA) is 32.1 Å². The van der Waals surface area contributed by atoms with E-state index >= 15 is 0 Å². The number of amides is 1. The number of hydrogen-bond acceptors (Lipinski definition) is 2. The van der Waals surface area contributed by atoms with Gasteiger partial charge in [0, 0.05) is 25.3 Å². The first-order chi connectivity index (χ1) is 11.2. The minimum Gasteiger partial charge on any atom is -0.368 e. The van der Waals surface area contributed by atoms with Crippen molar-refractivity contribution in [3.8, 4) is 0 Å². The van der Waals surface area contributed by atoms with Crippen LogP contribution in [0.3, 0.4) is 0 Å². The highest BCUT2D eigenvalue weighted by molar-refractivity contribution is 6.34. The molecular weight excluding hydrogens is 308 g/mol.